The summed E-state index contributed by atoms with van der Waals surface area (Å²) in [5, 5.41) is 5.76. The summed E-state index contributed by atoms with van der Waals surface area (Å²) < 4.78 is 0. The van der Waals surface area contributed by atoms with Crippen LogP contribution in [-0.2, 0) is 10.2 Å². The fourth-order valence-electron chi connectivity index (χ4n) is 2.30. The zero-order chi connectivity index (χ0) is 18.5. The first-order valence-electron chi connectivity index (χ1n) is 8.71. The minimum Gasteiger partial charge on any atom is -0.354 e. The highest BCUT2D eigenvalue weighted by molar-refractivity contribution is 5.97. The zero-order valence-electron chi connectivity index (χ0n) is 16.1. The Morgan fingerprint density at radius 2 is 1.54 bits per heavy atom. The van der Waals surface area contributed by atoms with Crippen LogP contribution in [0.1, 0.15) is 64.4 Å². The van der Waals surface area contributed by atoms with Crippen LogP contribution < -0.4 is 10.6 Å². The molecule has 0 spiro atoms. The minimum absolute atomic E-state index is 0.0231. The highest BCUT2D eigenvalue weighted by atomic mass is 16.2. The van der Waals surface area contributed by atoms with Gasteiger partial charge in [-0.3, -0.25) is 9.59 Å². The molecule has 1 atom stereocenters. The van der Waals surface area contributed by atoms with E-state index in [1.807, 2.05) is 52.0 Å². The van der Waals surface area contributed by atoms with Gasteiger partial charge in [-0.05, 0) is 34.9 Å². The van der Waals surface area contributed by atoms with E-state index in [1.165, 1.54) is 5.56 Å². The van der Waals surface area contributed by atoms with Gasteiger partial charge in [-0.2, -0.15) is 0 Å². The molecule has 0 radical (unpaired) electrons. The minimum atomic E-state index is -0.529. The molecule has 1 aromatic rings. The second-order valence-corrected chi connectivity index (χ2v) is 8.16. The zero-order valence-corrected chi connectivity index (χ0v) is 16.1. The summed E-state index contributed by atoms with van der Waals surface area (Å²) in [6.07, 6.45) is 0. The molecule has 0 bridgehead atoms. The summed E-state index contributed by atoms with van der Waals surface area (Å²) in [5.74, 6) is 0.0598. The lowest BCUT2D eigenvalue weighted by atomic mass is 9.86. The Labute approximate surface area is 146 Å². The molecule has 0 aromatic heterocycles. The molecule has 4 heteroatoms. The molecule has 0 saturated carbocycles. The Kier molecular flexibility index (Phi) is 7.00. The molecule has 2 amide bonds. The monoisotopic (exact) mass is 332 g/mol. The van der Waals surface area contributed by atoms with Crippen LogP contribution in [0.25, 0.3) is 0 Å². The Hall–Kier alpha value is -1.84. The average molecular weight is 332 g/mol. The fraction of sp³-hybridized carbons (Fsp3) is 0.600. The molecule has 2 N–H and O–H groups in total. The quantitative estimate of drug-likeness (QED) is 0.837. The lowest BCUT2D eigenvalue weighted by molar-refractivity contribution is -0.124. The number of hydrogen-bond donors (Lipinski definition) is 2. The molecule has 1 aromatic carbocycles. The van der Waals surface area contributed by atoms with Gasteiger partial charge in [-0.25, -0.2) is 0 Å². The maximum atomic E-state index is 12.5. The number of hydrogen-bond acceptors (Lipinski definition) is 2. The molecular weight excluding hydrogens is 300 g/mol. The molecule has 0 saturated heterocycles. The second kappa shape index (κ2) is 8.32. The summed E-state index contributed by atoms with van der Waals surface area (Å²) in [6, 6.07) is 7.05. The van der Waals surface area contributed by atoms with Crippen molar-refractivity contribution in [3.8, 4) is 0 Å². The van der Waals surface area contributed by atoms with Gasteiger partial charge < -0.3 is 10.6 Å². The third-order valence-electron chi connectivity index (χ3n) is 3.93. The van der Waals surface area contributed by atoms with Crippen LogP contribution in [0.5, 0.6) is 0 Å². The van der Waals surface area contributed by atoms with Gasteiger partial charge in [-0.15, -0.1) is 0 Å². The average Bonchev–Trinajstić information content (AvgIpc) is 2.48. The number of carbonyl (C=O) groups excluding carboxylic acids is 2. The van der Waals surface area contributed by atoms with E-state index in [-0.39, 0.29) is 23.1 Å². The second-order valence-electron chi connectivity index (χ2n) is 8.16. The summed E-state index contributed by atoms with van der Waals surface area (Å²) in [4.78, 5) is 24.8. The number of rotatable bonds is 6. The Morgan fingerprint density at radius 3 is 1.96 bits per heavy atom. The summed E-state index contributed by atoms with van der Waals surface area (Å²) in [6.45, 7) is 15.0. The molecule has 1 rings (SSSR count). The molecule has 24 heavy (non-hydrogen) atoms. The number of amides is 2. The van der Waals surface area contributed by atoms with Gasteiger partial charge in [0.05, 0.1) is 0 Å². The van der Waals surface area contributed by atoms with Crippen molar-refractivity contribution in [2.45, 2.75) is 59.9 Å². The highest BCUT2D eigenvalue weighted by Crippen LogP contribution is 2.22. The number of nitrogens with one attached hydrogen (secondary N) is 2. The molecule has 134 valence electrons. The van der Waals surface area contributed by atoms with E-state index in [0.717, 1.165) is 0 Å². The molecule has 0 aliphatic rings. The van der Waals surface area contributed by atoms with E-state index < -0.39 is 6.04 Å². The molecule has 0 fully saturated rings. The molecule has 0 aliphatic carbocycles. The van der Waals surface area contributed by atoms with Crippen molar-refractivity contribution in [2.75, 3.05) is 6.54 Å². The van der Waals surface area contributed by atoms with E-state index in [0.29, 0.717) is 18.0 Å². The molecule has 4 nitrogen and oxygen atoms in total. The van der Waals surface area contributed by atoms with Gasteiger partial charge in [0.2, 0.25) is 5.91 Å². The van der Waals surface area contributed by atoms with E-state index in [9.17, 15) is 9.59 Å². The largest absolute Gasteiger partial charge is 0.354 e. The third kappa shape index (κ3) is 5.99. The maximum Gasteiger partial charge on any atom is 0.251 e. The van der Waals surface area contributed by atoms with Crippen LogP contribution >= 0.6 is 0 Å². The van der Waals surface area contributed by atoms with Gasteiger partial charge >= 0.3 is 0 Å². The summed E-state index contributed by atoms with van der Waals surface area (Å²) >= 11 is 0. The Bertz CT molecular complexity index is 554. The fourth-order valence-corrected chi connectivity index (χ4v) is 2.30. The van der Waals surface area contributed by atoms with Gasteiger partial charge in [0, 0.05) is 12.1 Å². The van der Waals surface area contributed by atoms with E-state index in [1.54, 1.807) is 0 Å². The highest BCUT2D eigenvalue weighted by Gasteiger charge is 2.24. The van der Waals surface area contributed by atoms with Crippen LogP contribution in [0.4, 0.5) is 0 Å². The SMILES string of the molecule is CC(C)CNC(=O)[C@@H](NC(=O)c1ccc(C(C)(C)C)cc1)C(C)C. The van der Waals surface area contributed by atoms with Crippen LogP contribution in [0.2, 0.25) is 0 Å². The van der Waals surface area contributed by atoms with Gasteiger partial charge in [0.1, 0.15) is 6.04 Å². The summed E-state index contributed by atoms with van der Waals surface area (Å²) in [7, 11) is 0. The first-order chi connectivity index (χ1) is 11.0. The topological polar surface area (TPSA) is 58.2 Å². The van der Waals surface area contributed by atoms with Crippen LogP contribution in [0.3, 0.4) is 0 Å². The van der Waals surface area contributed by atoms with E-state index in [4.69, 9.17) is 0 Å². The molecular formula is C20H32N2O2. The van der Waals surface area contributed by atoms with Crippen molar-refractivity contribution < 1.29 is 9.59 Å². The van der Waals surface area contributed by atoms with Crippen molar-refractivity contribution in [3.63, 3.8) is 0 Å². The molecule has 0 aliphatic heterocycles. The lowest BCUT2D eigenvalue weighted by Crippen LogP contribution is -2.50. The molecule has 0 heterocycles. The van der Waals surface area contributed by atoms with Gasteiger partial charge in [0.25, 0.3) is 5.91 Å². The van der Waals surface area contributed by atoms with Crippen molar-refractivity contribution >= 4 is 11.8 Å². The third-order valence-corrected chi connectivity index (χ3v) is 3.93. The van der Waals surface area contributed by atoms with Crippen LogP contribution in [0, 0.1) is 11.8 Å². The summed E-state index contributed by atoms with van der Waals surface area (Å²) in [5.41, 5.74) is 1.80. The van der Waals surface area contributed by atoms with Crippen molar-refractivity contribution in [3.05, 3.63) is 35.4 Å². The predicted molar refractivity (Wildman–Crippen MR) is 99.1 cm³/mol. The van der Waals surface area contributed by atoms with Crippen molar-refractivity contribution in [1.29, 1.82) is 0 Å². The molecule has 0 unspecified atom stereocenters. The first kappa shape index (κ1) is 20.2. The number of carbonyl (C=O) groups is 2. The smallest absolute Gasteiger partial charge is 0.251 e. The van der Waals surface area contributed by atoms with E-state index >= 15 is 0 Å². The first-order valence-corrected chi connectivity index (χ1v) is 8.71. The van der Waals surface area contributed by atoms with Gasteiger partial charge in [0.15, 0.2) is 0 Å². The normalized spacial score (nSPS) is 13.0. The maximum absolute atomic E-state index is 12.5. The predicted octanol–water partition coefficient (Wildman–Crippen LogP) is 3.51. The number of benzene rings is 1. The Balaban J connectivity index is 2.80. The van der Waals surface area contributed by atoms with Crippen molar-refractivity contribution in [1.82, 2.24) is 10.6 Å². The van der Waals surface area contributed by atoms with Gasteiger partial charge in [-0.1, -0.05) is 60.6 Å². The van der Waals surface area contributed by atoms with Crippen LogP contribution in [-0.4, -0.2) is 24.4 Å². The lowest BCUT2D eigenvalue weighted by Gasteiger charge is -2.23. The van der Waals surface area contributed by atoms with E-state index in [2.05, 4.69) is 31.4 Å². The Morgan fingerprint density at radius 1 is 1.00 bits per heavy atom. The van der Waals surface area contributed by atoms with Crippen LogP contribution in [0.15, 0.2) is 24.3 Å². The standard InChI is InChI=1S/C20H32N2O2/c1-13(2)12-21-19(24)17(14(3)4)22-18(23)15-8-10-16(11-9-15)20(5,6)7/h8-11,13-14,17H,12H2,1-7H3,(H,21,24)(H,22,23)/t17-/m0/s1. The van der Waals surface area contributed by atoms with Crippen molar-refractivity contribution in [2.24, 2.45) is 11.8 Å².